The van der Waals surface area contributed by atoms with Gasteiger partial charge in [-0.05, 0) is 45.3 Å². The zero-order chi connectivity index (χ0) is 14.5. The maximum Gasteiger partial charge on any atom is 0.271 e. The molecule has 0 spiro atoms. The van der Waals surface area contributed by atoms with Gasteiger partial charge in [-0.2, -0.15) is 5.10 Å². The molecular weight excluding hydrogens is 254 g/mol. The van der Waals surface area contributed by atoms with E-state index >= 15 is 0 Å². The second kappa shape index (κ2) is 6.74. The molecule has 1 aromatic rings. The van der Waals surface area contributed by atoms with Gasteiger partial charge in [0.05, 0.1) is 11.9 Å². The number of nitrogen functional groups attached to an aromatic ring is 1. The van der Waals surface area contributed by atoms with Crippen LogP contribution in [0.2, 0.25) is 0 Å². The molecule has 0 unspecified atom stereocenters. The van der Waals surface area contributed by atoms with Gasteiger partial charge in [-0.1, -0.05) is 6.92 Å². The number of carbonyl (C=O) groups is 1. The van der Waals surface area contributed by atoms with E-state index in [1.807, 2.05) is 6.92 Å². The Morgan fingerprint density at radius 3 is 2.70 bits per heavy atom. The topological polar surface area (TPSA) is 76.2 Å². The molecule has 3 N–H and O–H groups in total. The lowest BCUT2D eigenvalue weighted by Crippen LogP contribution is -2.39. The monoisotopic (exact) mass is 279 g/mol. The van der Waals surface area contributed by atoms with E-state index in [-0.39, 0.29) is 5.91 Å². The number of hydrogen-bond donors (Lipinski definition) is 2. The van der Waals surface area contributed by atoms with E-state index in [0.717, 1.165) is 39.0 Å². The first kappa shape index (κ1) is 14.8. The van der Waals surface area contributed by atoms with Crippen molar-refractivity contribution < 1.29 is 4.79 Å². The molecule has 0 atom stereocenters. The van der Waals surface area contributed by atoms with Gasteiger partial charge >= 0.3 is 0 Å². The molecule has 6 heteroatoms. The van der Waals surface area contributed by atoms with Crippen LogP contribution < -0.4 is 11.1 Å². The van der Waals surface area contributed by atoms with Crippen LogP contribution in [-0.2, 0) is 6.54 Å². The number of piperidine rings is 1. The summed E-state index contributed by atoms with van der Waals surface area (Å²) in [7, 11) is 0. The van der Waals surface area contributed by atoms with Gasteiger partial charge in [0.2, 0.25) is 0 Å². The third kappa shape index (κ3) is 3.30. The van der Waals surface area contributed by atoms with Crippen molar-refractivity contribution in [2.75, 3.05) is 31.9 Å². The number of nitrogens with one attached hydrogen (secondary N) is 1. The average Bonchev–Trinajstić information content (AvgIpc) is 2.86. The normalized spacial score (nSPS) is 17.3. The lowest BCUT2D eigenvalue weighted by Gasteiger charge is -2.31. The van der Waals surface area contributed by atoms with Crippen molar-refractivity contribution in [3.05, 3.63) is 11.9 Å². The fourth-order valence-corrected chi connectivity index (χ4v) is 2.72. The first-order chi connectivity index (χ1) is 9.65. The first-order valence-electron chi connectivity index (χ1n) is 7.47. The predicted octanol–water partition coefficient (Wildman–Crippen LogP) is 0.947. The van der Waals surface area contributed by atoms with Gasteiger partial charge in [-0.15, -0.1) is 0 Å². The van der Waals surface area contributed by atoms with E-state index in [2.05, 4.69) is 22.2 Å². The minimum absolute atomic E-state index is 0.111. The number of rotatable bonds is 5. The highest BCUT2D eigenvalue weighted by Crippen LogP contribution is 2.16. The largest absolute Gasteiger partial charge is 0.396 e. The zero-order valence-corrected chi connectivity index (χ0v) is 12.4. The average molecular weight is 279 g/mol. The van der Waals surface area contributed by atoms with E-state index in [1.54, 1.807) is 4.68 Å². The van der Waals surface area contributed by atoms with Crippen LogP contribution >= 0.6 is 0 Å². The van der Waals surface area contributed by atoms with Gasteiger partial charge in [0.1, 0.15) is 5.69 Å². The summed E-state index contributed by atoms with van der Waals surface area (Å²) in [5.74, 6) is 0.459. The van der Waals surface area contributed by atoms with E-state index in [0.29, 0.717) is 23.8 Å². The van der Waals surface area contributed by atoms with E-state index < -0.39 is 0 Å². The van der Waals surface area contributed by atoms with Gasteiger partial charge < -0.3 is 16.0 Å². The Bertz CT molecular complexity index is 448. The molecule has 20 heavy (non-hydrogen) atoms. The number of hydrogen-bond acceptors (Lipinski definition) is 4. The Hall–Kier alpha value is -1.56. The summed E-state index contributed by atoms with van der Waals surface area (Å²) in [6, 6.07) is 0. The summed E-state index contributed by atoms with van der Waals surface area (Å²) in [4.78, 5) is 14.7. The van der Waals surface area contributed by atoms with Gasteiger partial charge in [-0.25, -0.2) is 0 Å². The maximum absolute atomic E-state index is 12.2. The Balaban J connectivity index is 1.85. The fraction of sp³-hybridized carbons (Fsp3) is 0.714. The molecule has 0 aromatic carbocycles. The predicted molar refractivity (Wildman–Crippen MR) is 79.5 cm³/mol. The van der Waals surface area contributed by atoms with Crippen LogP contribution in [0, 0.1) is 5.92 Å². The van der Waals surface area contributed by atoms with Crippen LogP contribution in [0.15, 0.2) is 6.20 Å². The van der Waals surface area contributed by atoms with Crippen LogP contribution in [0.25, 0.3) is 0 Å². The second-order valence-electron chi connectivity index (χ2n) is 5.35. The molecule has 6 nitrogen and oxygen atoms in total. The lowest BCUT2D eigenvalue weighted by atomic mass is 9.97. The molecule has 0 bridgehead atoms. The molecule has 1 fully saturated rings. The van der Waals surface area contributed by atoms with Crippen molar-refractivity contribution >= 4 is 11.6 Å². The highest BCUT2D eigenvalue weighted by molar-refractivity contribution is 5.97. The molecule has 112 valence electrons. The molecule has 1 aliphatic rings. The highest BCUT2D eigenvalue weighted by atomic mass is 16.2. The number of aromatic nitrogens is 2. The number of amides is 1. The third-order valence-corrected chi connectivity index (χ3v) is 4.09. The van der Waals surface area contributed by atoms with E-state index in [4.69, 9.17) is 5.73 Å². The fourth-order valence-electron chi connectivity index (χ4n) is 2.72. The van der Waals surface area contributed by atoms with Crippen molar-refractivity contribution in [1.82, 2.24) is 20.0 Å². The lowest BCUT2D eigenvalue weighted by molar-refractivity contribution is 0.0927. The zero-order valence-electron chi connectivity index (χ0n) is 12.4. The van der Waals surface area contributed by atoms with E-state index in [9.17, 15) is 4.79 Å². The highest BCUT2D eigenvalue weighted by Gasteiger charge is 2.20. The summed E-state index contributed by atoms with van der Waals surface area (Å²) in [6.07, 6.45) is 3.84. The summed E-state index contributed by atoms with van der Waals surface area (Å²) >= 11 is 0. The van der Waals surface area contributed by atoms with Crippen molar-refractivity contribution in [3.8, 4) is 0 Å². The molecule has 0 aliphatic carbocycles. The molecule has 1 aromatic heterocycles. The molecule has 2 heterocycles. The molecule has 0 saturated carbocycles. The van der Waals surface area contributed by atoms with Crippen LogP contribution in [-0.4, -0.2) is 46.8 Å². The molecule has 0 radical (unpaired) electrons. The van der Waals surface area contributed by atoms with Crippen molar-refractivity contribution in [1.29, 1.82) is 0 Å². The van der Waals surface area contributed by atoms with Crippen LogP contribution in [0.5, 0.6) is 0 Å². The van der Waals surface area contributed by atoms with Gasteiger partial charge in [0.25, 0.3) is 5.91 Å². The number of nitrogens with two attached hydrogens (primary N) is 1. The van der Waals surface area contributed by atoms with Crippen LogP contribution in [0.1, 0.15) is 37.2 Å². The smallest absolute Gasteiger partial charge is 0.271 e. The molecule has 1 amide bonds. The maximum atomic E-state index is 12.2. The number of carbonyl (C=O) groups excluding carboxylic acids is 1. The minimum atomic E-state index is -0.111. The summed E-state index contributed by atoms with van der Waals surface area (Å²) in [6.45, 7) is 8.89. The molecule has 1 saturated heterocycles. The van der Waals surface area contributed by atoms with Crippen LogP contribution in [0.3, 0.4) is 0 Å². The Labute approximate surface area is 120 Å². The number of nitrogens with zero attached hydrogens (tertiary/aromatic N) is 3. The van der Waals surface area contributed by atoms with Crippen molar-refractivity contribution in [3.63, 3.8) is 0 Å². The van der Waals surface area contributed by atoms with Crippen molar-refractivity contribution in [2.45, 2.75) is 33.2 Å². The molecular formula is C14H25N5O. The molecule has 1 aliphatic heterocycles. The summed E-state index contributed by atoms with van der Waals surface area (Å²) in [5.41, 5.74) is 6.75. The van der Waals surface area contributed by atoms with Crippen LogP contribution in [0.4, 0.5) is 5.69 Å². The van der Waals surface area contributed by atoms with Gasteiger partial charge in [0, 0.05) is 13.1 Å². The first-order valence-corrected chi connectivity index (χ1v) is 7.47. The SMILES string of the molecule is CCN1CCC(CNC(=O)c2c(N)cnn2CC)CC1. The van der Waals surface area contributed by atoms with Gasteiger partial charge in [-0.3, -0.25) is 9.48 Å². The van der Waals surface area contributed by atoms with E-state index in [1.165, 1.54) is 6.20 Å². The second-order valence-corrected chi connectivity index (χ2v) is 5.35. The number of anilines is 1. The van der Waals surface area contributed by atoms with Crippen molar-refractivity contribution in [2.24, 2.45) is 5.92 Å². The standard InChI is InChI=1S/C14H25N5O/c1-3-18-7-5-11(6-8-18)9-16-14(20)13-12(15)10-17-19(13)4-2/h10-11H,3-9,15H2,1-2H3,(H,16,20). The quantitative estimate of drug-likeness (QED) is 0.841. The molecule has 2 rings (SSSR count). The third-order valence-electron chi connectivity index (χ3n) is 4.09. The minimum Gasteiger partial charge on any atom is -0.396 e. The van der Waals surface area contributed by atoms with Gasteiger partial charge in [0.15, 0.2) is 0 Å². The Kier molecular flexibility index (Phi) is 5.00. The number of aryl methyl sites for hydroxylation is 1. The summed E-state index contributed by atoms with van der Waals surface area (Å²) in [5, 5.41) is 7.10. The number of likely N-dealkylation sites (tertiary alicyclic amines) is 1. The Morgan fingerprint density at radius 2 is 2.10 bits per heavy atom. The summed E-state index contributed by atoms with van der Waals surface area (Å²) < 4.78 is 1.64. The Morgan fingerprint density at radius 1 is 1.40 bits per heavy atom.